The van der Waals surface area contributed by atoms with Crippen molar-refractivity contribution in [2.45, 2.75) is 109 Å². The van der Waals surface area contributed by atoms with Gasteiger partial charge in [0.15, 0.2) is 11.9 Å². The Morgan fingerprint density at radius 2 is 1.28 bits per heavy atom. The second kappa shape index (κ2) is 21.2. The minimum atomic E-state index is -1.23. The van der Waals surface area contributed by atoms with Crippen molar-refractivity contribution in [2.75, 3.05) is 13.1 Å². The SMILES string of the molecule is CC(C)(C)OC(=O)N[C@@H](CCCN=C(N)N)C(=O)N[C@@H](Cc1cnc(-c2ccc(C(C)(C)C)cc2)[nH]1)C(=O)N[C@@H](CCCN=C(N)N)C(=O)NCc1ccccc1. The van der Waals surface area contributed by atoms with Crippen molar-refractivity contribution in [1.82, 2.24) is 31.2 Å². The molecule has 0 aliphatic rings. The van der Waals surface area contributed by atoms with E-state index in [-0.39, 0.29) is 56.2 Å². The van der Waals surface area contributed by atoms with Crippen LogP contribution in [-0.2, 0) is 37.5 Å². The Morgan fingerprint density at radius 1 is 0.737 bits per heavy atom. The summed E-state index contributed by atoms with van der Waals surface area (Å²) in [4.78, 5) is 70.4. The number of carbonyl (C=O) groups excluding carboxylic acids is 4. The van der Waals surface area contributed by atoms with Crippen molar-refractivity contribution in [3.63, 3.8) is 0 Å². The number of aliphatic imine (C=N–C) groups is 2. The number of nitrogens with one attached hydrogen (secondary N) is 5. The van der Waals surface area contributed by atoms with Crippen LogP contribution in [0.4, 0.5) is 4.79 Å². The Kier molecular flexibility index (Phi) is 16.9. The van der Waals surface area contributed by atoms with E-state index in [1.165, 1.54) is 0 Å². The van der Waals surface area contributed by atoms with E-state index in [1.54, 1.807) is 27.0 Å². The van der Waals surface area contributed by atoms with Crippen molar-refractivity contribution in [3.8, 4) is 11.4 Å². The number of alkyl carbamates (subject to hydrolysis) is 1. The lowest BCUT2D eigenvalue weighted by Crippen LogP contribution is -2.57. The topological polar surface area (TPSA) is 283 Å². The first-order chi connectivity index (χ1) is 26.8. The number of hydrogen-bond donors (Lipinski definition) is 9. The highest BCUT2D eigenvalue weighted by Crippen LogP contribution is 2.25. The minimum absolute atomic E-state index is 0.0336. The molecule has 3 atom stereocenters. The van der Waals surface area contributed by atoms with Gasteiger partial charge >= 0.3 is 6.09 Å². The summed E-state index contributed by atoms with van der Waals surface area (Å²) in [6, 6.07) is 14.0. The number of hydrogen-bond acceptors (Lipinski definition) is 8. The molecule has 4 amide bonds. The molecule has 17 heteroatoms. The number of ether oxygens (including phenoxy) is 1. The maximum absolute atomic E-state index is 14.2. The third-order valence-electron chi connectivity index (χ3n) is 8.55. The fourth-order valence-corrected chi connectivity index (χ4v) is 5.61. The highest BCUT2D eigenvalue weighted by Gasteiger charge is 2.31. The number of imidazole rings is 1. The molecular formula is C40H60N12O5. The first-order valence-corrected chi connectivity index (χ1v) is 19.0. The fourth-order valence-electron chi connectivity index (χ4n) is 5.61. The molecular weight excluding hydrogens is 729 g/mol. The van der Waals surface area contributed by atoms with Crippen LogP contribution in [0.5, 0.6) is 0 Å². The molecule has 0 aliphatic heterocycles. The zero-order valence-corrected chi connectivity index (χ0v) is 33.9. The van der Waals surface area contributed by atoms with Gasteiger partial charge in [-0.1, -0.05) is 75.4 Å². The largest absolute Gasteiger partial charge is 0.444 e. The van der Waals surface area contributed by atoms with E-state index in [0.29, 0.717) is 24.4 Å². The lowest BCUT2D eigenvalue weighted by Gasteiger charge is -2.26. The summed E-state index contributed by atoms with van der Waals surface area (Å²) in [7, 11) is 0. The number of guanidine groups is 2. The number of carbonyl (C=O) groups is 4. The van der Waals surface area contributed by atoms with Crippen LogP contribution in [0, 0.1) is 0 Å². The molecule has 0 bridgehead atoms. The molecule has 0 radical (unpaired) electrons. The predicted octanol–water partition coefficient (Wildman–Crippen LogP) is 2.20. The quantitative estimate of drug-likeness (QED) is 0.0485. The number of nitrogens with zero attached hydrogens (tertiary/aromatic N) is 3. The smallest absolute Gasteiger partial charge is 0.408 e. The van der Waals surface area contributed by atoms with E-state index >= 15 is 0 Å². The van der Waals surface area contributed by atoms with E-state index < -0.39 is 47.5 Å². The number of H-pyrrole nitrogens is 1. The van der Waals surface area contributed by atoms with Gasteiger partial charge in [-0.05, 0) is 63.0 Å². The predicted molar refractivity (Wildman–Crippen MR) is 222 cm³/mol. The molecule has 0 saturated heterocycles. The van der Waals surface area contributed by atoms with E-state index in [1.807, 2.05) is 54.6 Å². The molecule has 3 rings (SSSR count). The molecule has 3 aromatic rings. The Bertz CT molecular complexity index is 1820. The van der Waals surface area contributed by atoms with Gasteiger partial charge in [-0.15, -0.1) is 0 Å². The van der Waals surface area contributed by atoms with Gasteiger partial charge in [0.05, 0.1) is 0 Å². The molecule has 0 unspecified atom stereocenters. The van der Waals surface area contributed by atoms with Crippen LogP contribution in [0.2, 0.25) is 0 Å². The molecule has 1 heterocycles. The zero-order chi connectivity index (χ0) is 42.2. The average Bonchev–Trinajstić information content (AvgIpc) is 3.60. The van der Waals surface area contributed by atoms with Crippen molar-refractivity contribution in [1.29, 1.82) is 0 Å². The van der Waals surface area contributed by atoms with Crippen LogP contribution in [0.1, 0.15) is 84.0 Å². The lowest BCUT2D eigenvalue weighted by atomic mass is 9.87. The molecule has 17 nitrogen and oxygen atoms in total. The van der Waals surface area contributed by atoms with Crippen LogP contribution in [0.25, 0.3) is 11.4 Å². The summed E-state index contributed by atoms with van der Waals surface area (Å²) >= 11 is 0. The van der Waals surface area contributed by atoms with Crippen LogP contribution in [-0.4, -0.2) is 82.5 Å². The highest BCUT2D eigenvalue weighted by atomic mass is 16.6. The maximum Gasteiger partial charge on any atom is 0.408 e. The molecule has 0 aliphatic carbocycles. The Morgan fingerprint density at radius 3 is 1.82 bits per heavy atom. The van der Waals surface area contributed by atoms with Gasteiger partial charge in [-0.25, -0.2) is 9.78 Å². The van der Waals surface area contributed by atoms with Gasteiger partial charge < -0.3 is 53.9 Å². The summed E-state index contributed by atoms with van der Waals surface area (Å²) in [6.45, 7) is 12.1. The number of rotatable bonds is 19. The van der Waals surface area contributed by atoms with Gasteiger partial charge in [0.2, 0.25) is 17.7 Å². The summed E-state index contributed by atoms with van der Waals surface area (Å²) < 4.78 is 5.42. The number of amides is 4. The fraction of sp³-hybridized carbons (Fsp3) is 0.475. The summed E-state index contributed by atoms with van der Waals surface area (Å²) in [5.41, 5.74) is 24.5. The number of aromatic nitrogens is 2. The zero-order valence-electron chi connectivity index (χ0n) is 33.9. The number of aromatic amines is 1. The van der Waals surface area contributed by atoms with Crippen molar-refractivity contribution >= 4 is 35.7 Å². The van der Waals surface area contributed by atoms with Crippen LogP contribution in [0.15, 0.2) is 70.8 Å². The molecule has 57 heavy (non-hydrogen) atoms. The van der Waals surface area contributed by atoms with Crippen molar-refractivity contribution < 1.29 is 23.9 Å². The van der Waals surface area contributed by atoms with E-state index in [0.717, 1.165) is 16.7 Å². The molecule has 13 N–H and O–H groups in total. The van der Waals surface area contributed by atoms with E-state index in [4.69, 9.17) is 27.7 Å². The van der Waals surface area contributed by atoms with Crippen LogP contribution >= 0.6 is 0 Å². The monoisotopic (exact) mass is 788 g/mol. The van der Waals surface area contributed by atoms with Crippen molar-refractivity contribution in [3.05, 3.63) is 77.6 Å². The minimum Gasteiger partial charge on any atom is -0.444 e. The first kappa shape index (κ1) is 45.3. The third-order valence-corrected chi connectivity index (χ3v) is 8.55. The molecule has 0 spiro atoms. The Balaban J connectivity index is 1.92. The van der Waals surface area contributed by atoms with E-state index in [2.05, 4.69) is 62.0 Å². The summed E-state index contributed by atoms with van der Waals surface area (Å²) in [5.74, 6) is -1.39. The number of benzene rings is 2. The van der Waals surface area contributed by atoms with Gasteiger partial charge in [0, 0.05) is 43.5 Å². The molecule has 0 saturated carbocycles. The summed E-state index contributed by atoms with van der Waals surface area (Å²) in [5, 5.41) is 11.1. The van der Waals surface area contributed by atoms with Crippen LogP contribution < -0.4 is 44.2 Å². The molecule has 310 valence electrons. The summed E-state index contributed by atoms with van der Waals surface area (Å²) in [6.07, 6.45) is 1.72. The number of nitrogens with two attached hydrogens (primary N) is 4. The second-order valence-electron chi connectivity index (χ2n) is 15.7. The average molecular weight is 789 g/mol. The maximum atomic E-state index is 14.2. The lowest BCUT2D eigenvalue weighted by molar-refractivity contribution is -0.132. The first-order valence-electron chi connectivity index (χ1n) is 19.0. The second-order valence-corrected chi connectivity index (χ2v) is 15.7. The van der Waals surface area contributed by atoms with Gasteiger partial charge in [0.1, 0.15) is 29.6 Å². The highest BCUT2D eigenvalue weighted by molar-refractivity contribution is 5.94. The molecule has 2 aromatic carbocycles. The van der Waals surface area contributed by atoms with Gasteiger partial charge in [-0.2, -0.15) is 0 Å². The normalized spacial score (nSPS) is 12.9. The van der Waals surface area contributed by atoms with Crippen LogP contribution in [0.3, 0.4) is 0 Å². The Labute approximate surface area is 334 Å². The van der Waals surface area contributed by atoms with Crippen molar-refractivity contribution in [2.24, 2.45) is 32.9 Å². The molecule has 0 fully saturated rings. The Hall–Kier alpha value is -6.13. The van der Waals surface area contributed by atoms with Gasteiger partial charge in [0.25, 0.3) is 0 Å². The van der Waals surface area contributed by atoms with Gasteiger partial charge in [-0.3, -0.25) is 24.4 Å². The van der Waals surface area contributed by atoms with E-state index in [9.17, 15) is 19.2 Å². The standard InChI is InChI=1S/C40H60N12O5/c1-39(2,3)27-18-16-26(17-19-27)32-47-24-28(49-32)22-31(51-34(54)30(15-11-21-46-37(43)44)52-38(56)57-40(4,5)6)35(55)50-29(14-10-20-45-36(41)42)33(53)48-23-25-12-8-7-9-13-25/h7-9,12-13,16-19,24,29-31H,10-11,14-15,20-23H2,1-6H3,(H,47,49)(H,48,53)(H,50,55)(H,51,54)(H,52,56)(H4,41,42,45)(H4,43,44,46)/t29-,30-,31-/m0/s1. The molecule has 1 aromatic heterocycles. The third kappa shape index (κ3) is 16.6.